The first kappa shape index (κ1) is 92.4. The standard InChI is InChI=1S/C75H114N18O20/c1-8-41(6)61(71(109)90-55(74(112)113)35-40(4)5)91-68(106)53(37-44-20-24-46(95)25-21-44)89-70(108)56-16-12-32-92(56)72(110)42(7)81-62(100)47(15-11-31-80-75(78)79)84-69(107)57-17-13-33-93(57)73(111)50(14-9-10-30-76)85-67(105)54(38-58(77)96)88-64(102)49(27-29-60(98)99)83-66(104)52(36-43-18-22-45(94)23-19-43)87-65(103)51(34-39(2)3)86-63(101)48-26-28-59(97)82-48/h18-25,39-42,47-57,61,94-95H,8-17,26-38,76H2,1-7H3,(H2,77,96)(H,81,100)(H,82,97)(H,83,104)(H,84,107)(H,85,105)(H,86,101)(H,87,103)(H,88,102)(H,89,108)(H,90,109)(H,91,106)(H,98,99)(H,112,113)(H4,78,79,80)/t41-,42-,47-,48-,49-,50-,51-,52-,53-,54-,55-,56-,57-,61-/m0/s1. The van der Waals surface area contributed by atoms with Crippen LogP contribution in [0.15, 0.2) is 53.5 Å². The second-order valence-electron chi connectivity index (χ2n) is 29.8. The number of hydrogen-bond donors (Lipinski definition) is 19. The van der Waals surface area contributed by atoms with E-state index in [1.54, 1.807) is 41.5 Å². The molecule has 0 unspecified atom stereocenters. The lowest BCUT2D eigenvalue weighted by Gasteiger charge is -2.31. The number of nitrogens with two attached hydrogens (primary N) is 4. The highest BCUT2D eigenvalue weighted by Gasteiger charge is 2.44. The smallest absolute Gasteiger partial charge is 0.326 e. The van der Waals surface area contributed by atoms with Crippen LogP contribution >= 0.6 is 0 Å². The Morgan fingerprint density at radius 3 is 1.48 bits per heavy atom. The van der Waals surface area contributed by atoms with Gasteiger partial charge in [0.05, 0.1) is 6.42 Å². The molecule has 14 atom stereocenters. The second-order valence-corrected chi connectivity index (χ2v) is 29.8. The number of aliphatic imine (C=N–C) groups is 1. The number of aliphatic carboxylic acids is 2. The van der Waals surface area contributed by atoms with Gasteiger partial charge in [0, 0.05) is 45.3 Å². The molecule has 38 heteroatoms. The molecule has 0 radical (unpaired) electrons. The van der Waals surface area contributed by atoms with Crippen LogP contribution in [0.25, 0.3) is 0 Å². The van der Waals surface area contributed by atoms with Gasteiger partial charge in [0.25, 0.3) is 0 Å². The number of amides is 14. The Balaban J connectivity index is 1.35. The molecule has 0 saturated carbocycles. The Morgan fingerprint density at radius 1 is 0.513 bits per heavy atom. The molecule has 14 amide bonds. The maximum Gasteiger partial charge on any atom is 0.326 e. The highest BCUT2D eigenvalue weighted by atomic mass is 16.4. The molecule has 3 aliphatic heterocycles. The Kier molecular flexibility index (Phi) is 37.1. The van der Waals surface area contributed by atoms with Crippen LogP contribution in [-0.2, 0) is 89.6 Å². The molecule has 23 N–H and O–H groups in total. The molecule has 3 heterocycles. The number of likely N-dealkylation sites (tertiary alicyclic amines) is 2. The van der Waals surface area contributed by atoms with Crippen LogP contribution in [0.4, 0.5) is 0 Å². The van der Waals surface area contributed by atoms with Crippen molar-refractivity contribution >= 4 is 101 Å². The van der Waals surface area contributed by atoms with Gasteiger partial charge in [0.1, 0.15) is 90.0 Å². The molecule has 0 spiro atoms. The van der Waals surface area contributed by atoms with E-state index in [1.165, 1.54) is 65.3 Å². The van der Waals surface area contributed by atoms with Gasteiger partial charge in [-0.15, -0.1) is 0 Å². The summed E-state index contributed by atoms with van der Waals surface area (Å²) in [7, 11) is 0. The van der Waals surface area contributed by atoms with Gasteiger partial charge in [-0.2, -0.15) is 0 Å². The fraction of sp³-hybridized carbons (Fsp3) is 0.613. The number of benzene rings is 2. The Morgan fingerprint density at radius 2 is 0.965 bits per heavy atom. The van der Waals surface area contributed by atoms with Crippen LogP contribution in [0.3, 0.4) is 0 Å². The lowest BCUT2D eigenvalue weighted by molar-refractivity contribution is -0.143. The van der Waals surface area contributed by atoms with Crippen molar-refractivity contribution in [3.63, 3.8) is 0 Å². The first-order chi connectivity index (χ1) is 53.4. The number of unbranched alkanes of at least 4 members (excludes halogenated alkanes) is 1. The molecule has 38 nitrogen and oxygen atoms in total. The molecular formula is C75H114N18O20. The predicted octanol–water partition coefficient (Wildman–Crippen LogP) is -2.84. The summed E-state index contributed by atoms with van der Waals surface area (Å²) in [6.45, 7) is 12.0. The van der Waals surface area contributed by atoms with Crippen LogP contribution in [0.2, 0.25) is 0 Å². The molecule has 0 bridgehead atoms. The first-order valence-electron chi connectivity index (χ1n) is 38.4. The van der Waals surface area contributed by atoms with Crippen LogP contribution < -0.4 is 81.4 Å². The van der Waals surface area contributed by atoms with Crippen LogP contribution in [-0.4, -0.2) is 236 Å². The van der Waals surface area contributed by atoms with Crippen molar-refractivity contribution in [2.75, 3.05) is 26.2 Å². The molecule has 3 aliphatic rings. The van der Waals surface area contributed by atoms with Crippen molar-refractivity contribution in [3.05, 3.63) is 59.7 Å². The summed E-state index contributed by atoms with van der Waals surface area (Å²) in [5.41, 5.74) is 23.5. The largest absolute Gasteiger partial charge is 0.508 e. The van der Waals surface area contributed by atoms with Crippen LogP contribution in [0.1, 0.15) is 169 Å². The summed E-state index contributed by atoms with van der Waals surface area (Å²) in [6, 6.07) is -6.89. The number of carboxylic acids is 2. The fourth-order valence-corrected chi connectivity index (χ4v) is 13.4. The van der Waals surface area contributed by atoms with Crippen molar-refractivity contribution in [2.45, 2.75) is 249 Å². The summed E-state index contributed by atoms with van der Waals surface area (Å²) in [5, 5.41) is 68.3. The summed E-state index contributed by atoms with van der Waals surface area (Å²) in [6.07, 6.45) is -0.941. The van der Waals surface area contributed by atoms with E-state index >= 15 is 0 Å². The highest BCUT2D eigenvalue weighted by Crippen LogP contribution is 2.24. The van der Waals surface area contributed by atoms with Gasteiger partial charge in [0.2, 0.25) is 82.7 Å². The predicted molar refractivity (Wildman–Crippen MR) is 409 cm³/mol. The number of carboxylic acid groups (broad SMARTS) is 2. The van der Waals surface area contributed by atoms with E-state index in [0.29, 0.717) is 30.4 Å². The maximum absolute atomic E-state index is 14.9. The van der Waals surface area contributed by atoms with E-state index in [-0.39, 0.29) is 145 Å². The Labute approximate surface area is 655 Å². The molecule has 2 aromatic rings. The van der Waals surface area contributed by atoms with Gasteiger partial charge in [-0.1, -0.05) is 72.2 Å². The first-order valence-corrected chi connectivity index (χ1v) is 38.4. The van der Waals surface area contributed by atoms with E-state index in [2.05, 4.69) is 63.5 Å². The summed E-state index contributed by atoms with van der Waals surface area (Å²) in [4.78, 5) is 227. The van der Waals surface area contributed by atoms with E-state index in [0.717, 1.165) is 0 Å². The van der Waals surface area contributed by atoms with E-state index < -0.39 is 192 Å². The number of carbonyl (C=O) groups excluding carboxylic acids is 14. The van der Waals surface area contributed by atoms with Gasteiger partial charge < -0.3 is 112 Å². The van der Waals surface area contributed by atoms with Gasteiger partial charge in [-0.3, -0.25) is 76.9 Å². The molecular weight excluding hydrogens is 1470 g/mol. The molecule has 3 saturated heterocycles. The number of guanidine groups is 1. The fourth-order valence-electron chi connectivity index (χ4n) is 13.4. The zero-order valence-corrected chi connectivity index (χ0v) is 65.1. The van der Waals surface area contributed by atoms with Crippen molar-refractivity contribution in [3.8, 4) is 11.5 Å². The maximum atomic E-state index is 14.9. The molecule has 0 aliphatic carbocycles. The van der Waals surface area contributed by atoms with Crippen molar-refractivity contribution < 1.29 is 97.1 Å². The third-order valence-corrected chi connectivity index (χ3v) is 19.6. The number of phenols is 2. The van der Waals surface area contributed by atoms with E-state index in [4.69, 9.17) is 22.9 Å². The minimum atomic E-state index is -1.91. The monoisotopic (exact) mass is 1590 g/mol. The average molecular weight is 1590 g/mol. The van der Waals surface area contributed by atoms with E-state index in [9.17, 15) is 97.1 Å². The molecule has 0 aromatic heterocycles. The molecule has 2 aromatic carbocycles. The lowest BCUT2D eigenvalue weighted by atomic mass is 9.96. The van der Waals surface area contributed by atoms with Crippen molar-refractivity contribution in [2.24, 2.45) is 45.7 Å². The zero-order chi connectivity index (χ0) is 83.9. The normalized spacial score (nSPS) is 18.1. The van der Waals surface area contributed by atoms with Gasteiger partial charge in [-0.05, 0) is 150 Å². The van der Waals surface area contributed by atoms with Crippen LogP contribution in [0, 0.1) is 17.8 Å². The number of hydrogen-bond acceptors (Lipinski definition) is 20. The number of aromatic hydroxyl groups is 2. The second kappa shape index (κ2) is 45.3. The zero-order valence-electron chi connectivity index (χ0n) is 65.1. The van der Waals surface area contributed by atoms with Crippen molar-refractivity contribution in [1.82, 2.24) is 68.3 Å². The third-order valence-electron chi connectivity index (χ3n) is 19.6. The highest BCUT2D eigenvalue weighted by molar-refractivity contribution is 6.01. The summed E-state index contributed by atoms with van der Waals surface area (Å²) < 4.78 is 0. The molecule has 5 rings (SSSR count). The number of phenolic OH excluding ortho intramolecular Hbond substituents is 2. The number of carbonyl (C=O) groups is 16. The Bertz CT molecular complexity index is 3710. The number of rotatable bonds is 46. The average Bonchev–Trinajstić information content (AvgIpc) is 1.79. The molecule has 3 fully saturated rings. The quantitative estimate of drug-likeness (QED) is 0.0180. The molecule has 113 heavy (non-hydrogen) atoms. The van der Waals surface area contributed by atoms with Gasteiger partial charge in [0.15, 0.2) is 5.96 Å². The minimum absolute atomic E-state index is 0.0234. The topological polar surface area (TPSA) is 609 Å². The molecule has 624 valence electrons. The Hall–Kier alpha value is -11.2. The van der Waals surface area contributed by atoms with E-state index in [1.807, 2.05) is 0 Å². The lowest BCUT2D eigenvalue weighted by Crippen LogP contribution is -2.61. The summed E-state index contributed by atoms with van der Waals surface area (Å²) in [5.74, 6) is -16.1. The minimum Gasteiger partial charge on any atom is -0.508 e. The number of nitrogens with one attached hydrogen (secondary N) is 11. The third kappa shape index (κ3) is 30.1. The van der Waals surface area contributed by atoms with Gasteiger partial charge in [-0.25, -0.2) is 4.79 Å². The van der Waals surface area contributed by atoms with Crippen LogP contribution in [0.5, 0.6) is 11.5 Å². The van der Waals surface area contributed by atoms with Crippen molar-refractivity contribution in [1.29, 1.82) is 0 Å². The number of primary amides is 1. The summed E-state index contributed by atoms with van der Waals surface area (Å²) >= 11 is 0. The van der Waals surface area contributed by atoms with Gasteiger partial charge >= 0.3 is 11.9 Å². The SMILES string of the molecule is CC[C@H](C)[C@H](NC(=O)[C@H](Cc1ccc(O)cc1)NC(=O)[C@@H]1CCCN1C(=O)[C@H](C)NC(=O)[C@H](CCCN=C(N)N)NC(=O)[C@@H]1CCCN1C(=O)[C@H](CCCCN)NC(=O)[C@H](CC(N)=O)NC(=O)[C@H](CCC(=O)O)NC(=O)[C@H](Cc1ccc(O)cc1)NC(=O)[C@H](CC(C)C)NC(=O)[C@@H]1CCC(=O)N1)C(=O)N[C@@H](CC(C)C)C(=O)O. The number of nitrogens with zero attached hydrogens (tertiary/aromatic N) is 3.